The number of anilines is 1. The number of hydrogen-bond donors (Lipinski definition) is 1. The van der Waals surface area contributed by atoms with Crippen molar-refractivity contribution in [2.75, 3.05) is 19.3 Å². The van der Waals surface area contributed by atoms with Crippen LogP contribution in [0.3, 0.4) is 0 Å². The number of nitrogen functional groups attached to an aromatic ring is 1. The van der Waals surface area contributed by atoms with E-state index in [1.807, 2.05) is 0 Å². The molecule has 2 N–H and O–H groups in total. The van der Waals surface area contributed by atoms with Crippen LogP contribution in [0, 0.1) is 0 Å². The lowest BCUT2D eigenvalue weighted by Crippen LogP contribution is -2.30. The first-order valence-corrected chi connectivity index (χ1v) is 5.37. The molecule has 1 aromatic rings. The molecule has 90 valence electrons. The molecule has 0 saturated heterocycles. The van der Waals surface area contributed by atoms with E-state index in [2.05, 4.69) is 15.9 Å². The van der Waals surface area contributed by atoms with Gasteiger partial charge in [0.15, 0.2) is 0 Å². The zero-order valence-electron chi connectivity index (χ0n) is 8.68. The van der Waals surface area contributed by atoms with E-state index >= 15 is 0 Å². The van der Waals surface area contributed by atoms with Gasteiger partial charge in [0, 0.05) is 22.3 Å². The Labute approximate surface area is 100 Å². The van der Waals surface area contributed by atoms with Crippen LogP contribution in [0.4, 0.5) is 18.9 Å². The molecule has 0 spiro atoms. The predicted molar refractivity (Wildman–Crippen MR) is 60.9 cm³/mol. The Hall–Kier alpha value is -0.750. The van der Waals surface area contributed by atoms with Gasteiger partial charge in [-0.2, -0.15) is 13.2 Å². The van der Waals surface area contributed by atoms with Gasteiger partial charge in [-0.25, -0.2) is 0 Å². The monoisotopic (exact) mass is 296 g/mol. The van der Waals surface area contributed by atoms with Crippen LogP contribution in [-0.2, 0) is 6.54 Å². The lowest BCUT2D eigenvalue weighted by Gasteiger charge is -2.20. The summed E-state index contributed by atoms with van der Waals surface area (Å²) in [5.74, 6) is 0. The fourth-order valence-corrected chi connectivity index (χ4v) is 1.88. The standard InChI is InChI=1S/C10H12BrF3N2/c1-16(6-10(12,13)14)5-7-8(11)3-2-4-9(7)15/h2-4H,5-6,15H2,1H3. The minimum atomic E-state index is -4.19. The lowest BCUT2D eigenvalue weighted by atomic mass is 10.2. The molecule has 0 aliphatic carbocycles. The van der Waals surface area contributed by atoms with Gasteiger partial charge in [-0.15, -0.1) is 0 Å². The third-order valence-electron chi connectivity index (χ3n) is 2.03. The molecule has 0 bridgehead atoms. The molecule has 0 radical (unpaired) electrons. The molecule has 16 heavy (non-hydrogen) atoms. The average molecular weight is 297 g/mol. The summed E-state index contributed by atoms with van der Waals surface area (Å²) in [6.07, 6.45) is -4.19. The summed E-state index contributed by atoms with van der Waals surface area (Å²) in [5.41, 5.74) is 6.86. The molecule has 0 amide bonds. The molecule has 0 atom stereocenters. The summed E-state index contributed by atoms with van der Waals surface area (Å²) in [6.45, 7) is -0.791. The van der Waals surface area contributed by atoms with E-state index in [1.165, 1.54) is 11.9 Å². The van der Waals surface area contributed by atoms with Gasteiger partial charge < -0.3 is 5.73 Å². The van der Waals surface area contributed by atoms with E-state index in [1.54, 1.807) is 18.2 Å². The van der Waals surface area contributed by atoms with Gasteiger partial charge in [0.25, 0.3) is 0 Å². The number of rotatable bonds is 3. The molecule has 0 aliphatic rings. The van der Waals surface area contributed by atoms with Crippen LogP contribution in [0.5, 0.6) is 0 Å². The summed E-state index contributed by atoms with van der Waals surface area (Å²) in [5, 5.41) is 0. The van der Waals surface area contributed by atoms with Crippen LogP contribution in [0.15, 0.2) is 22.7 Å². The predicted octanol–water partition coefficient (Wildman–Crippen LogP) is 3.03. The van der Waals surface area contributed by atoms with Gasteiger partial charge >= 0.3 is 6.18 Å². The number of nitrogens with two attached hydrogens (primary N) is 1. The second-order valence-corrected chi connectivity index (χ2v) is 4.45. The van der Waals surface area contributed by atoms with E-state index in [0.717, 1.165) is 4.47 Å². The van der Waals surface area contributed by atoms with Crippen molar-refractivity contribution in [1.29, 1.82) is 0 Å². The van der Waals surface area contributed by atoms with E-state index < -0.39 is 12.7 Å². The molecule has 1 rings (SSSR count). The van der Waals surface area contributed by atoms with Crippen LogP contribution in [0.1, 0.15) is 5.56 Å². The highest BCUT2D eigenvalue weighted by atomic mass is 79.9. The molecule has 2 nitrogen and oxygen atoms in total. The molecular formula is C10H12BrF3N2. The average Bonchev–Trinajstić information content (AvgIpc) is 2.08. The highest BCUT2D eigenvalue weighted by Gasteiger charge is 2.29. The molecule has 0 unspecified atom stereocenters. The fourth-order valence-electron chi connectivity index (χ4n) is 1.37. The minimum Gasteiger partial charge on any atom is -0.398 e. The third kappa shape index (κ3) is 4.02. The van der Waals surface area contributed by atoms with Gasteiger partial charge in [-0.1, -0.05) is 22.0 Å². The number of benzene rings is 1. The summed E-state index contributed by atoms with van der Waals surface area (Å²) in [4.78, 5) is 1.18. The first-order valence-electron chi connectivity index (χ1n) is 4.58. The Morgan fingerprint density at radius 2 is 2.00 bits per heavy atom. The zero-order valence-corrected chi connectivity index (χ0v) is 10.3. The van der Waals surface area contributed by atoms with Crippen LogP contribution in [0.2, 0.25) is 0 Å². The summed E-state index contributed by atoms with van der Waals surface area (Å²) < 4.78 is 37.1. The molecule has 0 fully saturated rings. The van der Waals surface area contributed by atoms with Crippen molar-refractivity contribution in [3.63, 3.8) is 0 Å². The second-order valence-electron chi connectivity index (χ2n) is 3.60. The van der Waals surface area contributed by atoms with E-state index in [9.17, 15) is 13.2 Å². The van der Waals surface area contributed by atoms with Crippen molar-refractivity contribution < 1.29 is 13.2 Å². The Morgan fingerprint density at radius 1 is 1.38 bits per heavy atom. The van der Waals surface area contributed by atoms with Gasteiger partial charge in [-0.05, 0) is 19.2 Å². The zero-order chi connectivity index (χ0) is 12.3. The van der Waals surface area contributed by atoms with Crippen molar-refractivity contribution in [1.82, 2.24) is 4.90 Å². The van der Waals surface area contributed by atoms with Crippen molar-refractivity contribution in [3.8, 4) is 0 Å². The number of halogens is 4. The normalized spacial score (nSPS) is 12.1. The summed E-state index contributed by atoms with van der Waals surface area (Å²) >= 11 is 3.27. The van der Waals surface area contributed by atoms with Gasteiger partial charge in [0.05, 0.1) is 6.54 Å². The minimum absolute atomic E-state index is 0.159. The highest BCUT2D eigenvalue weighted by molar-refractivity contribution is 9.10. The van der Waals surface area contributed by atoms with Crippen LogP contribution < -0.4 is 5.73 Å². The Morgan fingerprint density at radius 3 is 2.50 bits per heavy atom. The topological polar surface area (TPSA) is 29.3 Å². The maximum absolute atomic E-state index is 12.1. The van der Waals surface area contributed by atoms with E-state index in [0.29, 0.717) is 11.3 Å². The molecule has 6 heteroatoms. The van der Waals surface area contributed by atoms with Crippen molar-refractivity contribution in [2.24, 2.45) is 0 Å². The van der Waals surface area contributed by atoms with Crippen LogP contribution in [0.25, 0.3) is 0 Å². The van der Waals surface area contributed by atoms with Crippen molar-refractivity contribution >= 4 is 21.6 Å². The quantitative estimate of drug-likeness (QED) is 0.869. The summed E-state index contributed by atoms with van der Waals surface area (Å²) in [7, 11) is 1.41. The Kier molecular flexibility index (Phi) is 4.21. The van der Waals surface area contributed by atoms with Crippen molar-refractivity contribution in [3.05, 3.63) is 28.2 Å². The largest absolute Gasteiger partial charge is 0.401 e. The van der Waals surface area contributed by atoms with Gasteiger partial charge in [0.1, 0.15) is 0 Å². The Bertz CT molecular complexity index is 345. The maximum atomic E-state index is 12.1. The fraction of sp³-hybridized carbons (Fsp3) is 0.400. The third-order valence-corrected chi connectivity index (χ3v) is 2.78. The SMILES string of the molecule is CN(Cc1c(N)cccc1Br)CC(F)(F)F. The van der Waals surface area contributed by atoms with Crippen LogP contribution >= 0.6 is 15.9 Å². The van der Waals surface area contributed by atoms with Crippen LogP contribution in [-0.4, -0.2) is 24.7 Å². The number of nitrogens with zero attached hydrogens (tertiary/aromatic N) is 1. The molecular weight excluding hydrogens is 285 g/mol. The van der Waals surface area contributed by atoms with Crippen molar-refractivity contribution in [2.45, 2.75) is 12.7 Å². The maximum Gasteiger partial charge on any atom is 0.401 e. The lowest BCUT2D eigenvalue weighted by molar-refractivity contribution is -0.144. The Balaban J connectivity index is 2.73. The number of hydrogen-bond acceptors (Lipinski definition) is 2. The molecule has 0 aromatic heterocycles. The first-order chi connectivity index (χ1) is 7.29. The first kappa shape index (κ1) is 13.3. The van der Waals surface area contributed by atoms with Gasteiger partial charge in [-0.3, -0.25) is 4.90 Å². The highest BCUT2D eigenvalue weighted by Crippen LogP contribution is 2.25. The smallest absolute Gasteiger partial charge is 0.398 e. The molecule has 0 saturated carbocycles. The second kappa shape index (κ2) is 5.05. The van der Waals surface area contributed by atoms with Gasteiger partial charge in [0.2, 0.25) is 0 Å². The molecule has 1 aromatic carbocycles. The number of alkyl halides is 3. The summed E-state index contributed by atoms with van der Waals surface area (Å²) in [6, 6.07) is 5.17. The van der Waals surface area contributed by atoms with E-state index in [-0.39, 0.29) is 6.54 Å². The van der Waals surface area contributed by atoms with E-state index in [4.69, 9.17) is 5.73 Å². The molecule has 0 heterocycles. The molecule has 0 aliphatic heterocycles.